The Hall–Kier alpha value is -1.67. The summed E-state index contributed by atoms with van der Waals surface area (Å²) in [5, 5.41) is 23.4. The van der Waals surface area contributed by atoms with Crippen LogP contribution < -0.4 is 0 Å². The topological polar surface area (TPSA) is 130 Å². The normalized spacial score (nSPS) is 11.6. The third-order valence-corrected chi connectivity index (χ3v) is 1.15. The molecule has 120 valence electrons. The third kappa shape index (κ3) is 44.1. The van der Waals surface area contributed by atoms with Crippen molar-refractivity contribution >= 4 is 17.9 Å². The minimum atomic E-state index is -0.833. The first-order valence-electron chi connectivity index (χ1n) is 5.81. The standard InChI is InChI=1S/C7H12O4.C3H8O2.C2H4O2/c1-5(11-7(3)9)4-10-6(2)8;1-3(5)2-4;1-2(3)4/h5H,4H2,1-3H3;3-5H,2H2,1H3;1H3,(H,3,4). The van der Waals surface area contributed by atoms with E-state index in [-0.39, 0.29) is 31.3 Å². The number of aliphatic hydroxyl groups is 2. The zero-order chi connectivity index (χ0) is 16.7. The van der Waals surface area contributed by atoms with Crippen molar-refractivity contribution in [1.82, 2.24) is 0 Å². The Balaban J connectivity index is -0.000000266. The first-order valence-corrected chi connectivity index (χ1v) is 5.81. The maximum absolute atomic E-state index is 10.3. The van der Waals surface area contributed by atoms with E-state index in [9.17, 15) is 9.59 Å². The molecule has 8 nitrogen and oxygen atoms in total. The summed E-state index contributed by atoms with van der Waals surface area (Å²) in [6.45, 7) is 6.87. The van der Waals surface area contributed by atoms with Crippen LogP contribution in [0, 0.1) is 0 Å². The van der Waals surface area contributed by atoms with E-state index >= 15 is 0 Å². The van der Waals surface area contributed by atoms with Gasteiger partial charge in [0.25, 0.3) is 5.97 Å². The SMILES string of the molecule is CC(=O)O.CC(=O)OCC(C)OC(C)=O.CC(O)CO. The van der Waals surface area contributed by atoms with Crippen molar-refractivity contribution in [1.29, 1.82) is 0 Å². The molecule has 0 amide bonds. The number of aliphatic hydroxyl groups excluding tert-OH is 2. The molecule has 3 N–H and O–H groups in total. The number of ether oxygens (including phenoxy) is 2. The number of carbonyl (C=O) groups excluding carboxylic acids is 2. The lowest BCUT2D eigenvalue weighted by Gasteiger charge is -2.10. The molecule has 0 bridgehead atoms. The van der Waals surface area contributed by atoms with Crippen molar-refractivity contribution in [3.8, 4) is 0 Å². The van der Waals surface area contributed by atoms with Crippen LogP contribution in [-0.4, -0.2) is 58.6 Å². The van der Waals surface area contributed by atoms with Gasteiger partial charge in [-0.1, -0.05) is 0 Å². The molecule has 0 saturated heterocycles. The lowest BCUT2D eigenvalue weighted by Crippen LogP contribution is -2.19. The van der Waals surface area contributed by atoms with Crippen LogP contribution in [0.1, 0.15) is 34.6 Å². The van der Waals surface area contributed by atoms with Gasteiger partial charge in [-0.05, 0) is 13.8 Å². The number of esters is 2. The summed E-state index contributed by atoms with van der Waals surface area (Å²) in [5.74, 6) is -1.58. The molecule has 0 aromatic rings. The minimum absolute atomic E-state index is 0.120. The van der Waals surface area contributed by atoms with E-state index in [2.05, 4.69) is 9.47 Å². The van der Waals surface area contributed by atoms with Gasteiger partial charge in [0.2, 0.25) is 0 Å². The molecule has 0 fully saturated rings. The van der Waals surface area contributed by atoms with Gasteiger partial charge < -0.3 is 24.8 Å². The zero-order valence-corrected chi connectivity index (χ0v) is 12.5. The van der Waals surface area contributed by atoms with Crippen LogP contribution >= 0.6 is 0 Å². The van der Waals surface area contributed by atoms with Crippen LogP contribution in [0.3, 0.4) is 0 Å². The minimum Gasteiger partial charge on any atom is -0.481 e. The molecule has 0 heterocycles. The van der Waals surface area contributed by atoms with Crippen LogP contribution in [0.2, 0.25) is 0 Å². The molecule has 0 radical (unpaired) electrons. The van der Waals surface area contributed by atoms with Gasteiger partial charge in [-0.3, -0.25) is 14.4 Å². The van der Waals surface area contributed by atoms with Crippen molar-refractivity contribution in [2.24, 2.45) is 0 Å². The number of carboxylic acid groups (broad SMARTS) is 1. The molecule has 0 saturated carbocycles. The number of hydrogen-bond acceptors (Lipinski definition) is 7. The summed E-state index contributed by atoms with van der Waals surface area (Å²) in [5.41, 5.74) is 0. The van der Waals surface area contributed by atoms with Gasteiger partial charge in [-0.15, -0.1) is 0 Å². The summed E-state index contributed by atoms with van der Waals surface area (Å²) in [6, 6.07) is 0. The molecular weight excluding hydrogens is 272 g/mol. The second kappa shape index (κ2) is 15.4. The Morgan fingerprint density at radius 1 is 1.05 bits per heavy atom. The molecule has 0 rings (SSSR count). The number of carboxylic acids is 1. The van der Waals surface area contributed by atoms with Crippen LogP contribution in [0.5, 0.6) is 0 Å². The summed E-state index contributed by atoms with van der Waals surface area (Å²) in [4.78, 5) is 29.6. The molecule has 2 atom stereocenters. The highest BCUT2D eigenvalue weighted by Gasteiger charge is 2.06. The monoisotopic (exact) mass is 296 g/mol. The van der Waals surface area contributed by atoms with E-state index in [0.717, 1.165) is 6.92 Å². The smallest absolute Gasteiger partial charge is 0.303 e. The van der Waals surface area contributed by atoms with Crippen molar-refractivity contribution < 1.29 is 39.2 Å². The Kier molecular flexibility index (Phi) is 18.0. The van der Waals surface area contributed by atoms with Gasteiger partial charge in [0, 0.05) is 20.8 Å². The Bertz CT molecular complexity index is 271. The molecule has 0 aliphatic heterocycles. The highest BCUT2D eigenvalue weighted by molar-refractivity contribution is 5.67. The Morgan fingerprint density at radius 3 is 1.60 bits per heavy atom. The van der Waals surface area contributed by atoms with E-state index in [1.165, 1.54) is 20.8 Å². The highest BCUT2D eigenvalue weighted by Crippen LogP contribution is 1.92. The first-order chi connectivity index (χ1) is 9.02. The number of rotatable bonds is 4. The molecular formula is C12H24O8. The molecule has 2 unspecified atom stereocenters. The van der Waals surface area contributed by atoms with Gasteiger partial charge >= 0.3 is 11.9 Å². The molecule has 0 aromatic heterocycles. The lowest BCUT2D eigenvalue weighted by atomic mass is 10.4. The molecule has 0 aliphatic rings. The number of hydrogen-bond donors (Lipinski definition) is 3. The van der Waals surface area contributed by atoms with Gasteiger partial charge in [-0.25, -0.2) is 0 Å². The van der Waals surface area contributed by atoms with Crippen LogP contribution in [-0.2, 0) is 23.9 Å². The molecule has 20 heavy (non-hydrogen) atoms. The molecule has 0 spiro atoms. The first kappa shape index (κ1) is 23.4. The third-order valence-electron chi connectivity index (χ3n) is 1.15. The maximum Gasteiger partial charge on any atom is 0.303 e. The fourth-order valence-corrected chi connectivity index (χ4v) is 0.552. The Labute approximate surface area is 118 Å². The van der Waals surface area contributed by atoms with Crippen molar-refractivity contribution in [2.45, 2.75) is 46.8 Å². The fourth-order valence-electron chi connectivity index (χ4n) is 0.552. The van der Waals surface area contributed by atoms with E-state index in [1.54, 1.807) is 6.92 Å². The van der Waals surface area contributed by atoms with E-state index in [4.69, 9.17) is 20.1 Å². The molecule has 0 aromatic carbocycles. The summed E-state index contributed by atoms with van der Waals surface area (Å²) < 4.78 is 9.27. The van der Waals surface area contributed by atoms with Gasteiger partial charge in [0.05, 0.1) is 12.7 Å². The molecule has 0 aliphatic carbocycles. The number of aliphatic carboxylic acids is 1. The van der Waals surface area contributed by atoms with Gasteiger partial charge in [0.15, 0.2) is 0 Å². The van der Waals surface area contributed by atoms with Crippen molar-refractivity contribution in [3.05, 3.63) is 0 Å². The molecule has 8 heteroatoms. The van der Waals surface area contributed by atoms with Crippen LogP contribution in [0.25, 0.3) is 0 Å². The predicted molar refractivity (Wildman–Crippen MR) is 69.9 cm³/mol. The quantitative estimate of drug-likeness (QED) is 0.615. The Morgan fingerprint density at radius 2 is 1.40 bits per heavy atom. The highest BCUT2D eigenvalue weighted by atomic mass is 16.6. The fraction of sp³-hybridized carbons (Fsp3) is 0.750. The largest absolute Gasteiger partial charge is 0.481 e. The van der Waals surface area contributed by atoms with Gasteiger partial charge in [-0.2, -0.15) is 0 Å². The maximum atomic E-state index is 10.3. The van der Waals surface area contributed by atoms with Crippen LogP contribution in [0.4, 0.5) is 0 Å². The summed E-state index contributed by atoms with van der Waals surface area (Å²) in [7, 11) is 0. The average molecular weight is 296 g/mol. The lowest BCUT2D eigenvalue weighted by molar-refractivity contribution is -0.155. The van der Waals surface area contributed by atoms with Crippen molar-refractivity contribution in [2.75, 3.05) is 13.2 Å². The van der Waals surface area contributed by atoms with Crippen molar-refractivity contribution in [3.63, 3.8) is 0 Å². The van der Waals surface area contributed by atoms with E-state index < -0.39 is 12.1 Å². The zero-order valence-electron chi connectivity index (χ0n) is 12.5. The van der Waals surface area contributed by atoms with E-state index in [1.807, 2.05) is 0 Å². The summed E-state index contributed by atoms with van der Waals surface area (Å²) in [6.07, 6.45) is -0.925. The second-order valence-electron chi connectivity index (χ2n) is 3.77. The average Bonchev–Trinajstić information content (AvgIpc) is 2.25. The second-order valence-corrected chi connectivity index (χ2v) is 3.77. The van der Waals surface area contributed by atoms with Crippen LogP contribution in [0.15, 0.2) is 0 Å². The van der Waals surface area contributed by atoms with Gasteiger partial charge in [0.1, 0.15) is 12.7 Å². The van der Waals surface area contributed by atoms with E-state index in [0.29, 0.717) is 0 Å². The predicted octanol–water partition coefficient (Wildman–Crippen LogP) is -0.0485. The number of carbonyl (C=O) groups is 3. The summed E-state index contributed by atoms with van der Waals surface area (Å²) >= 11 is 0.